The van der Waals surface area contributed by atoms with Gasteiger partial charge in [-0.25, -0.2) is 4.90 Å². The summed E-state index contributed by atoms with van der Waals surface area (Å²) in [4.78, 5) is 25.9. The summed E-state index contributed by atoms with van der Waals surface area (Å²) >= 11 is 1.19. The van der Waals surface area contributed by atoms with Crippen molar-refractivity contribution >= 4 is 45.4 Å². The Kier molecular flexibility index (Phi) is 4.60. The molecule has 1 fully saturated rings. The van der Waals surface area contributed by atoms with Crippen LogP contribution in [0.15, 0.2) is 75.3 Å². The standard InChI is InChI=1S/C20H15N3O3S/c1-13(17-11-15-9-5-6-10-16(15)26-17)21-22-20-23(18(24)12-27-20)19(25)14-7-3-2-4-8-14/h2-11H,12H2,1H3/b21-13+,22-20+. The first-order valence-corrected chi connectivity index (χ1v) is 9.28. The monoisotopic (exact) mass is 377 g/mol. The number of amidine groups is 1. The minimum Gasteiger partial charge on any atom is -0.455 e. The predicted molar refractivity (Wildman–Crippen MR) is 106 cm³/mol. The smallest absolute Gasteiger partial charge is 0.266 e. The van der Waals surface area contributed by atoms with Gasteiger partial charge in [0.1, 0.15) is 11.3 Å². The van der Waals surface area contributed by atoms with Gasteiger partial charge in [0.15, 0.2) is 10.9 Å². The molecule has 1 aromatic heterocycles. The van der Waals surface area contributed by atoms with Crippen molar-refractivity contribution in [1.29, 1.82) is 0 Å². The molecular formula is C20H15N3O3S. The van der Waals surface area contributed by atoms with Gasteiger partial charge in [-0.2, -0.15) is 0 Å². The lowest BCUT2D eigenvalue weighted by Gasteiger charge is -2.12. The zero-order valence-corrected chi connectivity index (χ0v) is 15.3. The number of furan rings is 1. The number of carbonyl (C=O) groups excluding carboxylic acids is 2. The average Bonchev–Trinajstić information content (AvgIpc) is 3.29. The van der Waals surface area contributed by atoms with Gasteiger partial charge in [-0.05, 0) is 31.2 Å². The topological polar surface area (TPSA) is 75.2 Å². The molecule has 134 valence electrons. The summed E-state index contributed by atoms with van der Waals surface area (Å²) in [6.07, 6.45) is 0. The first-order chi connectivity index (χ1) is 13.1. The first-order valence-electron chi connectivity index (χ1n) is 8.30. The Labute approximate surface area is 159 Å². The van der Waals surface area contributed by atoms with Gasteiger partial charge >= 0.3 is 0 Å². The summed E-state index contributed by atoms with van der Waals surface area (Å²) in [5.41, 5.74) is 1.76. The van der Waals surface area contributed by atoms with Crippen LogP contribution < -0.4 is 0 Å². The van der Waals surface area contributed by atoms with Crippen molar-refractivity contribution in [2.75, 3.05) is 5.75 Å². The molecule has 0 atom stereocenters. The lowest BCUT2D eigenvalue weighted by atomic mass is 10.2. The molecule has 0 bridgehead atoms. The average molecular weight is 377 g/mol. The normalized spacial score (nSPS) is 16.5. The van der Waals surface area contributed by atoms with E-state index in [1.165, 1.54) is 11.8 Å². The van der Waals surface area contributed by atoms with E-state index in [1.54, 1.807) is 31.2 Å². The number of hydrogen-bond acceptors (Lipinski definition) is 6. The second-order valence-electron chi connectivity index (χ2n) is 5.91. The summed E-state index contributed by atoms with van der Waals surface area (Å²) in [6, 6.07) is 18.2. The lowest BCUT2D eigenvalue weighted by molar-refractivity contribution is -0.122. The molecule has 7 heteroatoms. The van der Waals surface area contributed by atoms with Crippen molar-refractivity contribution in [2.45, 2.75) is 6.92 Å². The summed E-state index contributed by atoms with van der Waals surface area (Å²) < 4.78 is 5.76. The number of amides is 2. The Morgan fingerprint density at radius 2 is 1.85 bits per heavy atom. The van der Waals surface area contributed by atoms with Crippen LogP contribution in [0.2, 0.25) is 0 Å². The van der Waals surface area contributed by atoms with E-state index in [2.05, 4.69) is 10.2 Å². The summed E-state index contributed by atoms with van der Waals surface area (Å²) in [5, 5.41) is 9.56. The van der Waals surface area contributed by atoms with Crippen LogP contribution in [0.25, 0.3) is 11.0 Å². The second kappa shape index (κ2) is 7.20. The fraction of sp³-hybridized carbons (Fsp3) is 0.100. The summed E-state index contributed by atoms with van der Waals surface area (Å²) in [5.74, 6) is 0.0531. The number of fused-ring (bicyclic) bond motifs is 1. The maximum Gasteiger partial charge on any atom is 0.266 e. The highest BCUT2D eigenvalue weighted by atomic mass is 32.2. The lowest BCUT2D eigenvalue weighted by Crippen LogP contribution is -2.35. The van der Waals surface area contributed by atoms with Gasteiger partial charge in [-0.1, -0.05) is 48.2 Å². The van der Waals surface area contributed by atoms with Crippen LogP contribution in [0.5, 0.6) is 0 Å². The van der Waals surface area contributed by atoms with Gasteiger partial charge in [0.05, 0.1) is 5.75 Å². The molecule has 1 aliphatic rings. The van der Waals surface area contributed by atoms with Gasteiger partial charge in [-0.15, -0.1) is 10.2 Å². The third-order valence-electron chi connectivity index (χ3n) is 4.06. The van der Waals surface area contributed by atoms with Crippen molar-refractivity contribution < 1.29 is 14.0 Å². The number of para-hydroxylation sites is 1. The van der Waals surface area contributed by atoms with Crippen LogP contribution >= 0.6 is 11.8 Å². The fourth-order valence-corrected chi connectivity index (χ4v) is 3.47. The maximum absolute atomic E-state index is 12.6. The second-order valence-corrected chi connectivity index (χ2v) is 6.85. The molecule has 0 unspecified atom stereocenters. The molecule has 0 N–H and O–H groups in total. The first kappa shape index (κ1) is 17.2. The molecule has 0 saturated carbocycles. The van der Waals surface area contributed by atoms with Crippen molar-refractivity contribution in [1.82, 2.24) is 4.90 Å². The van der Waals surface area contributed by atoms with E-state index in [1.807, 2.05) is 36.4 Å². The maximum atomic E-state index is 12.6. The van der Waals surface area contributed by atoms with Gasteiger partial charge in [0.25, 0.3) is 5.91 Å². The van der Waals surface area contributed by atoms with Crippen LogP contribution in [0.1, 0.15) is 23.0 Å². The molecule has 2 amide bonds. The van der Waals surface area contributed by atoms with E-state index in [0.717, 1.165) is 15.9 Å². The van der Waals surface area contributed by atoms with Crippen molar-refractivity contribution in [3.8, 4) is 0 Å². The van der Waals surface area contributed by atoms with Crippen molar-refractivity contribution in [3.05, 3.63) is 72.0 Å². The highest BCUT2D eigenvalue weighted by Crippen LogP contribution is 2.23. The van der Waals surface area contributed by atoms with Crippen LogP contribution in [0.4, 0.5) is 0 Å². The number of rotatable bonds is 3. The van der Waals surface area contributed by atoms with Gasteiger partial charge in [-0.3, -0.25) is 9.59 Å². The Balaban J connectivity index is 1.62. The van der Waals surface area contributed by atoms with Crippen LogP contribution in [-0.2, 0) is 4.79 Å². The molecule has 0 aliphatic carbocycles. The summed E-state index contributed by atoms with van der Waals surface area (Å²) in [7, 11) is 0. The molecule has 4 rings (SSSR count). The fourth-order valence-electron chi connectivity index (χ4n) is 2.67. The van der Waals surface area contributed by atoms with E-state index in [9.17, 15) is 9.59 Å². The number of hydrogen-bond donors (Lipinski definition) is 0. The molecule has 1 aliphatic heterocycles. The van der Waals surface area contributed by atoms with Gasteiger partial charge in [0, 0.05) is 10.9 Å². The quantitative estimate of drug-likeness (QED) is 0.394. The summed E-state index contributed by atoms with van der Waals surface area (Å²) in [6.45, 7) is 1.77. The predicted octanol–water partition coefficient (Wildman–Crippen LogP) is 3.93. The Bertz CT molecular complexity index is 1050. The Morgan fingerprint density at radius 1 is 1.11 bits per heavy atom. The number of nitrogens with zero attached hydrogens (tertiary/aromatic N) is 3. The molecule has 2 aromatic carbocycles. The number of benzene rings is 2. The number of imide groups is 1. The van der Waals surface area contributed by atoms with E-state index in [4.69, 9.17) is 4.42 Å². The molecule has 1 saturated heterocycles. The molecule has 6 nitrogen and oxygen atoms in total. The van der Waals surface area contributed by atoms with Crippen molar-refractivity contribution in [2.24, 2.45) is 10.2 Å². The third kappa shape index (κ3) is 3.41. The molecule has 27 heavy (non-hydrogen) atoms. The largest absolute Gasteiger partial charge is 0.455 e. The number of thioether (sulfide) groups is 1. The minimum atomic E-state index is -0.402. The van der Waals surface area contributed by atoms with Gasteiger partial charge < -0.3 is 4.42 Å². The van der Waals surface area contributed by atoms with E-state index >= 15 is 0 Å². The van der Waals surface area contributed by atoms with Crippen LogP contribution in [0.3, 0.4) is 0 Å². The SMILES string of the molecule is C/C(=N\N=C1\SCC(=O)N1C(=O)c1ccccc1)c1cc2ccccc2o1. The van der Waals surface area contributed by atoms with Crippen LogP contribution in [0, 0.1) is 0 Å². The van der Waals surface area contributed by atoms with E-state index in [0.29, 0.717) is 17.0 Å². The third-order valence-corrected chi connectivity index (χ3v) is 4.97. The highest BCUT2D eigenvalue weighted by Gasteiger charge is 2.34. The number of carbonyl (C=O) groups is 2. The molecule has 0 spiro atoms. The molecule has 0 radical (unpaired) electrons. The van der Waals surface area contributed by atoms with Crippen molar-refractivity contribution in [3.63, 3.8) is 0 Å². The Morgan fingerprint density at radius 3 is 2.63 bits per heavy atom. The molecule has 3 aromatic rings. The molecule has 2 heterocycles. The zero-order valence-electron chi connectivity index (χ0n) is 14.5. The highest BCUT2D eigenvalue weighted by molar-refractivity contribution is 8.15. The zero-order chi connectivity index (χ0) is 18.8. The van der Waals surface area contributed by atoms with E-state index in [-0.39, 0.29) is 16.8 Å². The van der Waals surface area contributed by atoms with Crippen LogP contribution in [-0.4, -0.2) is 33.3 Å². The minimum absolute atomic E-state index is 0.163. The molecular weight excluding hydrogens is 362 g/mol. The van der Waals surface area contributed by atoms with Gasteiger partial charge in [0.2, 0.25) is 5.91 Å². The Hall–Kier alpha value is -3.19. The van der Waals surface area contributed by atoms with E-state index < -0.39 is 5.91 Å².